The van der Waals surface area contributed by atoms with Crippen molar-refractivity contribution in [3.05, 3.63) is 72.6 Å². The van der Waals surface area contributed by atoms with Crippen molar-refractivity contribution in [1.29, 1.82) is 0 Å². The van der Waals surface area contributed by atoms with Crippen molar-refractivity contribution in [2.75, 3.05) is 0 Å². The van der Waals surface area contributed by atoms with E-state index in [-0.39, 0.29) is 41.8 Å². The van der Waals surface area contributed by atoms with Gasteiger partial charge in [0.1, 0.15) is 22.9 Å². The number of carbonyl (C=O) groups is 2. The maximum atomic E-state index is 13.2. The molecule has 2 N–H and O–H groups in total. The number of likely N-dealkylation sites (tertiary alicyclic amines) is 1. The molecule has 2 fully saturated rings. The molecule has 1 saturated heterocycles. The zero-order valence-electron chi connectivity index (χ0n) is 31.1. The summed E-state index contributed by atoms with van der Waals surface area (Å²) in [6.45, 7) is 19.6. The van der Waals surface area contributed by atoms with E-state index in [1.165, 1.54) is 0 Å². The summed E-state index contributed by atoms with van der Waals surface area (Å²) in [6.07, 6.45) is 5.79. The van der Waals surface area contributed by atoms with Crippen LogP contribution in [0.2, 0.25) is 0 Å². The summed E-state index contributed by atoms with van der Waals surface area (Å²) >= 11 is 0. The minimum Gasteiger partial charge on any atom is -0.444 e. The van der Waals surface area contributed by atoms with Crippen molar-refractivity contribution >= 4 is 12.2 Å². The van der Waals surface area contributed by atoms with Gasteiger partial charge in [0.2, 0.25) is 0 Å². The lowest BCUT2D eigenvalue weighted by Crippen LogP contribution is -2.43. The van der Waals surface area contributed by atoms with Gasteiger partial charge in [-0.3, -0.25) is 9.80 Å². The van der Waals surface area contributed by atoms with Gasteiger partial charge in [0.25, 0.3) is 0 Å². The van der Waals surface area contributed by atoms with Crippen LogP contribution in [0, 0.1) is 5.41 Å². The SMILES string of the molecule is CC[C@@H](c1nc(-c2ccc(-c3ccc(-c4c[nH]c([C@@H]5C[C@@]6(C)CC6N5C(=O)OC(C)(C)C)n4)cc3)cc2)c[nH]1)N(C(=O)OC(C)(C)C)C(C)C. The molecule has 6 rings (SSSR count). The Kier molecular flexibility index (Phi) is 9.12. The highest BCUT2D eigenvalue weighted by Crippen LogP contribution is 2.63. The van der Waals surface area contributed by atoms with E-state index < -0.39 is 11.2 Å². The fraction of sp³-hybridized carbons (Fsp3) is 0.500. The zero-order chi connectivity index (χ0) is 36.2. The van der Waals surface area contributed by atoms with Crippen molar-refractivity contribution in [3.63, 3.8) is 0 Å². The van der Waals surface area contributed by atoms with Crippen LogP contribution in [0.15, 0.2) is 60.9 Å². The Morgan fingerprint density at radius 3 is 1.88 bits per heavy atom. The lowest BCUT2D eigenvalue weighted by molar-refractivity contribution is 0.00658. The second-order valence-electron chi connectivity index (χ2n) is 16.4. The minimum absolute atomic E-state index is 0.0556. The third-order valence-corrected chi connectivity index (χ3v) is 9.64. The highest BCUT2D eigenvalue weighted by atomic mass is 16.6. The number of aromatic nitrogens is 4. The monoisotopic (exact) mass is 680 g/mol. The molecule has 1 unspecified atom stereocenters. The first kappa shape index (κ1) is 35.2. The number of nitrogens with one attached hydrogen (secondary N) is 2. The second kappa shape index (κ2) is 12.9. The van der Waals surface area contributed by atoms with Gasteiger partial charge >= 0.3 is 12.2 Å². The Bertz CT molecular complexity index is 1720. The molecule has 266 valence electrons. The van der Waals surface area contributed by atoms with Gasteiger partial charge in [0, 0.05) is 35.6 Å². The number of aromatic amines is 2. The van der Waals surface area contributed by atoms with Gasteiger partial charge in [-0.15, -0.1) is 0 Å². The van der Waals surface area contributed by atoms with E-state index in [2.05, 4.69) is 72.3 Å². The number of carbonyl (C=O) groups excluding carboxylic acids is 2. The summed E-state index contributed by atoms with van der Waals surface area (Å²) in [6, 6.07) is 16.5. The maximum absolute atomic E-state index is 13.2. The second-order valence-corrected chi connectivity index (χ2v) is 16.4. The number of rotatable bonds is 8. The molecule has 10 heteroatoms. The molecule has 2 amide bonds. The van der Waals surface area contributed by atoms with E-state index in [0.29, 0.717) is 6.42 Å². The smallest absolute Gasteiger partial charge is 0.411 e. The van der Waals surface area contributed by atoms with Crippen molar-refractivity contribution in [1.82, 2.24) is 29.7 Å². The van der Waals surface area contributed by atoms with E-state index in [1.807, 2.05) is 72.7 Å². The Labute approximate surface area is 296 Å². The number of nitrogens with zero attached hydrogens (tertiary/aromatic N) is 4. The van der Waals surface area contributed by atoms with Crippen LogP contribution in [0.3, 0.4) is 0 Å². The highest BCUT2D eigenvalue weighted by molar-refractivity contribution is 5.73. The predicted molar refractivity (Wildman–Crippen MR) is 195 cm³/mol. The largest absolute Gasteiger partial charge is 0.444 e. The summed E-state index contributed by atoms with van der Waals surface area (Å²) in [7, 11) is 0. The maximum Gasteiger partial charge on any atom is 0.411 e. The number of amides is 2. The van der Waals surface area contributed by atoms with Crippen LogP contribution in [0.5, 0.6) is 0 Å². The standard InChI is InChI=1S/C40H52N6O4/c1-11-31(45(24(2)3)36(47)49-38(4,5)6)34-41-22-29(43-34)27-16-12-25(13-17-27)26-14-18-28(19-15-26)30-23-42-35(44-30)32-20-40(10)21-33(40)46(32)37(48)50-39(7,8)9/h12-19,22-24,31-33H,11,20-21H2,1-10H3,(H,41,43)(H,42,44)/t31-,32-,33?,40-/m0/s1. The molecule has 2 aromatic heterocycles. The number of hydrogen-bond donors (Lipinski definition) is 2. The van der Waals surface area contributed by atoms with Crippen molar-refractivity contribution < 1.29 is 19.1 Å². The number of hydrogen-bond acceptors (Lipinski definition) is 6. The van der Waals surface area contributed by atoms with Gasteiger partial charge in [-0.1, -0.05) is 62.4 Å². The average Bonchev–Trinajstić information content (AvgIpc) is 3.46. The molecule has 1 aliphatic heterocycles. The van der Waals surface area contributed by atoms with Crippen molar-refractivity contribution in [2.45, 2.75) is 124 Å². The molecule has 2 aromatic carbocycles. The molecule has 2 aliphatic rings. The molecule has 4 aromatic rings. The van der Waals surface area contributed by atoms with E-state index >= 15 is 0 Å². The van der Waals surface area contributed by atoms with E-state index in [0.717, 1.165) is 58.1 Å². The lowest BCUT2D eigenvalue weighted by atomic mass is 10.0. The van der Waals surface area contributed by atoms with Crippen LogP contribution < -0.4 is 0 Å². The molecule has 0 bridgehead atoms. The summed E-state index contributed by atoms with van der Waals surface area (Å²) in [5, 5.41) is 0. The number of fused-ring (bicyclic) bond motifs is 1. The third-order valence-electron chi connectivity index (χ3n) is 9.64. The Balaban J connectivity index is 1.14. The fourth-order valence-electron chi connectivity index (χ4n) is 7.10. The van der Waals surface area contributed by atoms with Crippen molar-refractivity contribution in [2.24, 2.45) is 5.41 Å². The number of H-pyrrole nitrogens is 2. The summed E-state index contributed by atoms with van der Waals surface area (Å²) in [5.41, 5.74) is 4.83. The molecule has 0 radical (unpaired) electrons. The van der Waals surface area contributed by atoms with Crippen LogP contribution in [-0.4, -0.2) is 65.2 Å². The quantitative estimate of drug-likeness (QED) is 0.191. The fourth-order valence-corrected chi connectivity index (χ4v) is 7.10. The van der Waals surface area contributed by atoms with E-state index in [4.69, 9.17) is 19.4 Å². The van der Waals surface area contributed by atoms with Gasteiger partial charge in [0.05, 0.1) is 23.5 Å². The zero-order valence-corrected chi connectivity index (χ0v) is 31.1. The highest BCUT2D eigenvalue weighted by Gasteiger charge is 2.64. The Hall–Kier alpha value is -4.60. The molecule has 10 nitrogen and oxygen atoms in total. The molecule has 3 heterocycles. The van der Waals surface area contributed by atoms with E-state index in [1.54, 1.807) is 4.90 Å². The van der Waals surface area contributed by atoms with Gasteiger partial charge < -0.3 is 19.4 Å². The molecule has 4 atom stereocenters. The first-order valence-electron chi connectivity index (χ1n) is 17.8. The van der Waals surface area contributed by atoms with Gasteiger partial charge in [-0.2, -0.15) is 0 Å². The molecular weight excluding hydrogens is 628 g/mol. The van der Waals surface area contributed by atoms with Gasteiger partial charge in [0.15, 0.2) is 0 Å². The Morgan fingerprint density at radius 1 is 0.840 bits per heavy atom. The van der Waals surface area contributed by atoms with Crippen LogP contribution in [-0.2, 0) is 9.47 Å². The molecular formula is C40H52N6O4. The average molecular weight is 681 g/mol. The number of benzene rings is 2. The normalized spacial score (nSPS) is 20.8. The summed E-state index contributed by atoms with van der Waals surface area (Å²) < 4.78 is 11.5. The number of ether oxygens (including phenoxy) is 2. The predicted octanol–water partition coefficient (Wildman–Crippen LogP) is 9.69. The lowest BCUT2D eigenvalue weighted by Gasteiger charge is -2.35. The van der Waals surface area contributed by atoms with Gasteiger partial charge in [-0.05, 0) is 91.2 Å². The summed E-state index contributed by atoms with van der Waals surface area (Å²) in [5.74, 6) is 1.53. The Morgan fingerprint density at radius 2 is 1.36 bits per heavy atom. The third kappa shape index (κ3) is 7.30. The minimum atomic E-state index is -0.581. The molecule has 50 heavy (non-hydrogen) atoms. The number of imidazole rings is 2. The van der Waals surface area contributed by atoms with Crippen LogP contribution in [0.25, 0.3) is 33.6 Å². The first-order chi connectivity index (χ1) is 23.5. The molecule has 1 saturated carbocycles. The topological polar surface area (TPSA) is 116 Å². The van der Waals surface area contributed by atoms with Crippen LogP contribution in [0.4, 0.5) is 9.59 Å². The van der Waals surface area contributed by atoms with Gasteiger partial charge in [-0.25, -0.2) is 19.6 Å². The summed E-state index contributed by atoms with van der Waals surface area (Å²) in [4.78, 5) is 46.5. The molecule has 0 spiro atoms. The first-order valence-corrected chi connectivity index (χ1v) is 17.8. The van der Waals surface area contributed by atoms with Crippen molar-refractivity contribution in [3.8, 4) is 33.6 Å². The van der Waals surface area contributed by atoms with E-state index in [9.17, 15) is 9.59 Å². The molecule has 1 aliphatic carbocycles. The van der Waals surface area contributed by atoms with Crippen LogP contribution >= 0.6 is 0 Å². The number of piperidine rings is 1. The van der Waals surface area contributed by atoms with Crippen LogP contribution in [0.1, 0.15) is 112 Å².